The summed E-state index contributed by atoms with van der Waals surface area (Å²) < 4.78 is 31.7. The summed E-state index contributed by atoms with van der Waals surface area (Å²) in [6.07, 6.45) is -0.216. The molecule has 4 nitrogen and oxygen atoms in total. The second-order valence-electron chi connectivity index (χ2n) is 4.92. The summed E-state index contributed by atoms with van der Waals surface area (Å²) in [6, 6.07) is 1.94. The van der Waals surface area contributed by atoms with Gasteiger partial charge in [0.1, 0.15) is 0 Å². The number of ether oxygens (including phenoxy) is 1. The molecule has 0 N–H and O–H groups in total. The fraction of sp³-hybridized carbons (Fsp3) is 0.833. The molecule has 1 amide bonds. The minimum Gasteiger partial charge on any atom is -0.360 e. The van der Waals surface area contributed by atoms with Gasteiger partial charge in [-0.05, 0) is 12.8 Å². The number of nitriles is 1. The first-order chi connectivity index (χ1) is 8.52. The Morgan fingerprint density at radius 3 is 2.94 bits per heavy atom. The molecule has 0 aromatic heterocycles. The van der Waals surface area contributed by atoms with Crippen LogP contribution in [0, 0.1) is 17.2 Å². The van der Waals surface area contributed by atoms with E-state index in [1.807, 2.05) is 6.07 Å². The van der Waals surface area contributed by atoms with E-state index < -0.39 is 17.9 Å². The maximum atomic E-state index is 13.3. The highest BCUT2D eigenvalue weighted by Gasteiger charge is 2.41. The number of halogens is 2. The lowest BCUT2D eigenvalue weighted by Crippen LogP contribution is -2.48. The van der Waals surface area contributed by atoms with Gasteiger partial charge in [0.15, 0.2) is 6.10 Å². The second-order valence-corrected chi connectivity index (χ2v) is 4.92. The average molecular weight is 258 g/mol. The number of nitrogens with zero attached hydrogens (tertiary/aromatic N) is 2. The zero-order valence-corrected chi connectivity index (χ0v) is 10.1. The molecule has 6 heteroatoms. The van der Waals surface area contributed by atoms with E-state index in [4.69, 9.17) is 10.00 Å². The van der Waals surface area contributed by atoms with Crippen molar-refractivity contribution in [3.05, 3.63) is 0 Å². The highest BCUT2D eigenvalue weighted by Crippen LogP contribution is 2.37. The van der Waals surface area contributed by atoms with Crippen LogP contribution in [0.5, 0.6) is 0 Å². The van der Waals surface area contributed by atoms with Crippen molar-refractivity contribution in [1.29, 1.82) is 5.26 Å². The van der Waals surface area contributed by atoms with E-state index in [2.05, 4.69) is 0 Å². The summed E-state index contributed by atoms with van der Waals surface area (Å²) in [5, 5.41) is 8.75. The van der Waals surface area contributed by atoms with Crippen molar-refractivity contribution in [2.45, 2.75) is 37.7 Å². The van der Waals surface area contributed by atoms with Crippen molar-refractivity contribution in [3.63, 3.8) is 0 Å². The van der Waals surface area contributed by atoms with Crippen LogP contribution in [0.3, 0.4) is 0 Å². The van der Waals surface area contributed by atoms with Gasteiger partial charge in [0, 0.05) is 25.3 Å². The number of amides is 1. The van der Waals surface area contributed by atoms with Gasteiger partial charge in [-0.2, -0.15) is 5.26 Å². The standard InChI is InChI=1S/C12H16F2N2O2/c13-12(14)3-1-2-9(6-12)11(17)16-4-5-18-10(7-15)8-16/h9-10H,1-6,8H2. The van der Waals surface area contributed by atoms with E-state index >= 15 is 0 Å². The zero-order chi connectivity index (χ0) is 13.2. The normalized spacial score (nSPS) is 31.7. The van der Waals surface area contributed by atoms with E-state index in [0.717, 1.165) is 0 Å². The molecule has 2 fully saturated rings. The van der Waals surface area contributed by atoms with Crippen LogP contribution in [0.2, 0.25) is 0 Å². The first-order valence-corrected chi connectivity index (χ1v) is 6.20. The van der Waals surface area contributed by atoms with Crippen molar-refractivity contribution in [2.75, 3.05) is 19.7 Å². The van der Waals surface area contributed by atoms with E-state index in [9.17, 15) is 13.6 Å². The van der Waals surface area contributed by atoms with E-state index in [1.54, 1.807) is 0 Å². The maximum Gasteiger partial charge on any atom is 0.248 e. The lowest BCUT2D eigenvalue weighted by molar-refractivity contribution is -0.148. The van der Waals surface area contributed by atoms with Crippen LogP contribution in [-0.2, 0) is 9.53 Å². The first-order valence-electron chi connectivity index (χ1n) is 6.20. The molecule has 0 radical (unpaired) electrons. The van der Waals surface area contributed by atoms with Crippen molar-refractivity contribution in [1.82, 2.24) is 4.90 Å². The molecule has 2 unspecified atom stereocenters. The van der Waals surface area contributed by atoms with Crippen LogP contribution in [0.1, 0.15) is 25.7 Å². The predicted octanol–water partition coefficient (Wildman–Crippen LogP) is 1.56. The van der Waals surface area contributed by atoms with Crippen LogP contribution in [0.4, 0.5) is 8.78 Å². The lowest BCUT2D eigenvalue weighted by Gasteiger charge is -2.35. The van der Waals surface area contributed by atoms with Crippen LogP contribution in [0.15, 0.2) is 0 Å². The molecule has 0 aromatic carbocycles. The number of alkyl halides is 2. The highest BCUT2D eigenvalue weighted by atomic mass is 19.3. The molecule has 1 aliphatic heterocycles. The highest BCUT2D eigenvalue weighted by molar-refractivity contribution is 5.79. The summed E-state index contributed by atoms with van der Waals surface area (Å²) >= 11 is 0. The molecule has 1 heterocycles. The molecule has 2 rings (SSSR count). The molecular formula is C12H16F2N2O2. The van der Waals surface area contributed by atoms with E-state index in [-0.39, 0.29) is 25.3 Å². The molecule has 1 aliphatic carbocycles. The third-order valence-corrected chi connectivity index (χ3v) is 3.51. The van der Waals surface area contributed by atoms with Crippen LogP contribution in [0.25, 0.3) is 0 Å². The number of carbonyl (C=O) groups is 1. The molecule has 100 valence electrons. The van der Waals surface area contributed by atoms with Gasteiger partial charge in [0.25, 0.3) is 0 Å². The third-order valence-electron chi connectivity index (χ3n) is 3.51. The van der Waals surface area contributed by atoms with Gasteiger partial charge in [-0.1, -0.05) is 0 Å². The maximum absolute atomic E-state index is 13.3. The molecule has 18 heavy (non-hydrogen) atoms. The predicted molar refractivity (Wildman–Crippen MR) is 58.8 cm³/mol. The summed E-state index contributed by atoms with van der Waals surface area (Å²) in [5.41, 5.74) is 0. The Balaban J connectivity index is 1.96. The molecule has 0 bridgehead atoms. The number of rotatable bonds is 1. The van der Waals surface area contributed by atoms with E-state index in [1.165, 1.54) is 4.90 Å². The number of carbonyl (C=O) groups excluding carboxylic acids is 1. The Labute approximate surface area is 105 Å². The fourth-order valence-electron chi connectivity index (χ4n) is 2.57. The summed E-state index contributed by atoms with van der Waals surface area (Å²) in [4.78, 5) is 13.6. The number of morpholine rings is 1. The monoisotopic (exact) mass is 258 g/mol. The van der Waals surface area contributed by atoms with Crippen LogP contribution >= 0.6 is 0 Å². The molecule has 2 atom stereocenters. The largest absolute Gasteiger partial charge is 0.360 e. The summed E-state index contributed by atoms with van der Waals surface area (Å²) in [6.45, 7) is 0.879. The van der Waals surface area contributed by atoms with Crippen LogP contribution < -0.4 is 0 Å². The van der Waals surface area contributed by atoms with Gasteiger partial charge < -0.3 is 9.64 Å². The Bertz CT molecular complexity index is 368. The zero-order valence-electron chi connectivity index (χ0n) is 10.1. The lowest BCUT2D eigenvalue weighted by atomic mass is 9.85. The fourth-order valence-corrected chi connectivity index (χ4v) is 2.57. The molecule has 0 aromatic rings. The van der Waals surface area contributed by atoms with Gasteiger partial charge >= 0.3 is 0 Å². The Morgan fingerprint density at radius 1 is 1.50 bits per heavy atom. The minimum absolute atomic E-state index is 0.124. The van der Waals surface area contributed by atoms with Gasteiger partial charge in [-0.25, -0.2) is 8.78 Å². The molecule has 1 saturated carbocycles. The SMILES string of the molecule is N#CC1CN(C(=O)C2CCCC(F)(F)C2)CCO1. The van der Waals surface area contributed by atoms with Gasteiger partial charge in [-0.3, -0.25) is 4.79 Å². The Morgan fingerprint density at radius 2 is 2.28 bits per heavy atom. The quantitative estimate of drug-likeness (QED) is 0.717. The smallest absolute Gasteiger partial charge is 0.248 e. The average Bonchev–Trinajstić information content (AvgIpc) is 2.37. The molecule has 0 spiro atoms. The van der Waals surface area contributed by atoms with Crippen molar-refractivity contribution in [2.24, 2.45) is 5.92 Å². The number of hydrogen-bond donors (Lipinski definition) is 0. The number of hydrogen-bond acceptors (Lipinski definition) is 3. The van der Waals surface area contributed by atoms with Gasteiger partial charge in [0.05, 0.1) is 19.2 Å². The Kier molecular flexibility index (Phi) is 3.81. The van der Waals surface area contributed by atoms with Crippen molar-refractivity contribution >= 4 is 5.91 Å². The Hall–Kier alpha value is -1.22. The second kappa shape index (κ2) is 5.19. The van der Waals surface area contributed by atoms with Crippen molar-refractivity contribution in [3.8, 4) is 6.07 Å². The summed E-state index contributed by atoms with van der Waals surface area (Å²) in [5.74, 6) is -3.58. The topological polar surface area (TPSA) is 53.3 Å². The summed E-state index contributed by atoms with van der Waals surface area (Å²) in [7, 11) is 0. The van der Waals surface area contributed by atoms with Crippen LogP contribution in [-0.4, -0.2) is 42.5 Å². The molecule has 1 saturated heterocycles. The van der Waals surface area contributed by atoms with Gasteiger partial charge in [0.2, 0.25) is 11.8 Å². The van der Waals surface area contributed by atoms with Crippen molar-refractivity contribution < 1.29 is 18.3 Å². The molecule has 2 aliphatic rings. The van der Waals surface area contributed by atoms with Gasteiger partial charge in [-0.15, -0.1) is 0 Å². The third kappa shape index (κ3) is 2.96. The first kappa shape index (κ1) is 13.2. The molecular weight excluding hydrogens is 242 g/mol. The minimum atomic E-state index is -2.72. The van der Waals surface area contributed by atoms with E-state index in [0.29, 0.717) is 26.0 Å².